The lowest BCUT2D eigenvalue weighted by Gasteiger charge is -2.01. The first-order chi connectivity index (χ1) is 6.24. The summed E-state index contributed by atoms with van der Waals surface area (Å²) in [7, 11) is 0. The average Bonchev–Trinajstić information content (AvgIpc) is 2.43. The fraction of sp³-hybridized carbons (Fsp3) is 0.222. The number of rotatable bonds is 1. The molecule has 0 unspecified atom stereocenters. The van der Waals surface area contributed by atoms with Gasteiger partial charge in [0.05, 0.1) is 5.52 Å². The van der Waals surface area contributed by atoms with Crippen LogP contribution in [0.4, 0.5) is 0 Å². The normalized spacial score (nSPS) is 11.0. The summed E-state index contributed by atoms with van der Waals surface area (Å²) in [5, 5.41) is 0. The Labute approximate surface area is 84.7 Å². The van der Waals surface area contributed by atoms with Crippen LogP contribution in [0.2, 0.25) is 0 Å². The molecule has 68 valence electrons. The third-order valence-electron chi connectivity index (χ3n) is 2.10. The van der Waals surface area contributed by atoms with E-state index in [1.165, 1.54) is 0 Å². The molecule has 0 bridgehead atoms. The van der Waals surface area contributed by atoms with Gasteiger partial charge in [0.1, 0.15) is 10.4 Å². The van der Waals surface area contributed by atoms with Gasteiger partial charge < -0.3 is 10.1 Å². The lowest BCUT2D eigenvalue weighted by atomic mass is 10.2. The van der Waals surface area contributed by atoms with Crippen LogP contribution in [-0.4, -0.2) is 9.38 Å². The van der Waals surface area contributed by atoms with Gasteiger partial charge >= 0.3 is 0 Å². The number of pyridine rings is 1. The van der Waals surface area contributed by atoms with E-state index in [1.807, 2.05) is 29.7 Å². The van der Waals surface area contributed by atoms with Crippen LogP contribution in [0.25, 0.3) is 5.52 Å². The zero-order valence-corrected chi connectivity index (χ0v) is 8.87. The van der Waals surface area contributed by atoms with Crippen LogP contribution >= 0.6 is 15.9 Å². The van der Waals surface area contributed by atoms with E-state index in [-0.39, 0.29) is 0 Å². The maximum absolute atomic E-state index is 5.63. The van der Waals surface area contributed by atoms with E-state index in [9.17, 15) is 0 Å². The zero-order valence-electron chi connectivity index (χ0n) is 7.29. The van der Waals surface area contributed by atoms with Crippen molar-refractivity contribution in [3.8, 4) is 0 Å². The summed E-state index contributed by atoms with van der Waals surface area (Å²) in [5.74, 6) is 0.970. The number of aryl methyl sites for hydroxylation is 1. The molecule has 0 aliphatic heterocycles. The molecule has 0 atom stereocenters. The first kappa shape index (κ1) is 8.72. The molecular formula is C9H10BrN3. The predicted octanol–water partition coefficient (Wildman–Crippen LogP) is 1.86. The van der Waals surface area contributed by atoms with E-state index >= 15 is 0 Å². The highest BCUT2D eigenvalue weighted by atomic mass is 79.9. The molecule has 13 heavy (non-hydrogen) atoms. The summed E-state index contributed by atoms with van der Waals surface area (Å²) in [6.07, 6.45) is 1.99. The Morgan fingerprint density at radius 3 is 3.08 bits per heavy atom. The molecule has 2 N–H and O–H groups in total. The Bertz CT molecular complexity index is 447. The molecule has 0 aliphatic rings. The van der Waals surface area contributed by atoms with E-state index < -0.39 is 0 Å². The third-order valence-corrected chi connectivity index (χ3v) is 2.65. The van der Waals surface area contributed by atoms with Gasteiger partial charge in [-0.15, -0.1) is 0 Å². The Balaban J connectivity index is 2.88. The maximum atomic E-state index is 5.63. The average molecular weight is 240 g/mol. The first-order valence-electron chi connectivity index (χ1n) is 4.06. The Morgan fingerprint density at radius 1 is 1.62 bits per heavy atom. The summed E-state index contributed by atoms with van der Waals surface area (Å²) < 4.78 is 2.90. The van der Waals surface area contributed by atoms with Gasteiger partial charge in [-0.2, -0.15) is 0 Å². The molecule has 0 radical (unpaired) electrons. The van der Waals surface area contributed by atoms with Gasteiger partial charge in [0.25, 0.3) is 0 Å². The SMILES string of the molecule is Cc1nc(Br)c2c(CN)cccn12. The number of hydrogen-bond donors (Lipinski definition) is 1. The number of aromatic nitrogens is 2. The van der Waals surface area contributed by atoms with Gasteiger partial charge in [0.15, 0.2) is 0 Å². The molecule has 0 aliphatic carbocycles. The van der Waals surface area contributed by atoms with Gasteiger partial charge in [-0.3, -0.25) is 0 Å². The van der Waals surface area contributed by atoms with Crippen molar-refractivity contribution < 1.29 is 0 Å². The quantitative estimate of drug-likeness (QED) is 0.826. The molecule has 0 saturated heterocycles. The van der Waals surface area contributed by atoms with Gasteiger partial charge in [0, 0.05) is 12.7 Å². The van der Waals surface area contributed by atoms with Crippen molar-refractivity contribution in [3.63, 3.8) is 0 Å². The molecule has 2 rings (SSSR count). The van der Waals surface area contributed by atoms with Crippen LogP contribution < -0.4 is 5.73 Å². The Hall–Kier alpha value is -0.870. The molecule has 0 aromatic carbocycles. The minimum atomic E-state index is 0.536. The number of imidazole rings is 1. The molecule has 2 aromatic heterocycles. The zero-order chi connectivity index (χ0) is 9.42. The second-order valence-electron chi connectivity index (χ2n) is 2.91. The van der Waals surface area contributed by atoms with Crippen molar-refractivity contribution in [2.45, 2.75) is 13.5 Å². The van der Waals surface area contributed by atoms with Crippen LogP contribution in [0.15, 0.2) is 22.9 Å². The molecule has 0 spiro atoms. The van der Waals surface area contributed by atoms with Gasteiger partial charge in [-0.05, 0) is 34.5 Å². The minimum Gasteiger partial charge on any atom is -0.326 e. The Kier molecular flexibility index (Phi) is 2.09. The third kappa shape index (κ3) is 1.26. The second kappa shape index (κ2) is 3.12. The van der Waals surface area contributed by atoms with Crippen molar-refractivity contribution in [2.75, 3.05) is 0 Å². The van der Waals surface area contributed by atoms with E-state index in [0.29, 0.717) is 6.54 Å². The predicted molar refractivity (Wildman–Crippen MR) is 55.5 cm³/mol. The summed E-state index contributed by atoms with van der Waals surface area (Å²) in [6.45, 7) is 2.51. The standard InChI is InChI=1S/C9H10BrN3/c1-6-12-9(10)8-7(5-11)3-2-4-13(6)8/h2-4H,5,11H2,1H3. The van der Waals surface area contributed by atoms with Crippen LogP contribution in [0.5, 0.6) is 0 Å². The second-order valence-corrected chi connectivity index (χ2v) is 3.66. The molecule has 0 amide bonds. The fourth-order valence-corrected chi connectivity index (χ4v) is 2.17. The van der Waals surface area contributed by atoms with Crippen molar-refractivity contribution >= 4 is 21.4 Å². The minimum absolute atomic E-state index is 0.536. The molecule has 0 fully saturated rings. The molecule has 4 heteroatoms. The lowest BCUT2D eigenvalue weighted by Crippen LogP contribution is -1.99. The lowest BCUT2D eigenvalue weighted by molar-refractivity contribution is 1.01. The smallest absolute Gasteiger partial charge is 0.132 e. The van der Waals surface area contributed by atoms with Crippen LogP contribution in [0.3, 0.4) is 0 Å². The van der Waals surface area contributed by atoms with Gasteiger partial charge in [-0.1, -0.05) is 6.07 Å². The highest BCUT2D eigenvalue weighted by Crippen LogP contribution is 2.21. The summed E-state index contributed by atoms with van der Waals surface area (Å²) in [5.41, 5.74) is 7.81. The van der Waals surface area contributed by atoms with Gasteiger partial charge in [0.2, 0.25) is 0 Å². The van der Waals surface area contributed by atoms with Crippen LogP contribution in [-0.2, 0) is 6.54 Å². The monoisotopic (exact) mass is 239 g/mol. The largest absolute Gasteiger partial charge is 0.326 e. The van der Waals surface area contributed by atoms with E-state index in [0.717, 1.165) is 21.5 Å². The fourth-order valence-electron chi connectivity index (χ4n) is 1.47. The van der Waals surface area contributed by atoms with Crippen LogP contribution in [0, 0.1) is 6.92 Å². The molecular weight excluding hydrogens is 230 g/mol. The highest BCUT2D eigenvalue weighted by Gasteiger charge is 2.08. The van der Waals surface area contributed by atoms with Crippen molar-refractivity contribution in [1.29, 1.82) is 0 Å². The number of fused-ring (bicyclic) bond motifs is 1. The summed E-state index contributed by atoms with van der Waals surface area (Å²) in [6, 6.07) is 4.00. The number of nitrogens with two attached hydrogens (primary N) is 1. The van der Waals surface area contributed by atoms with Crippen molar-refractivity contribution in [2.24, 2.45) is 5.73 Å². The number of hydrogen-bond acceptors (Lipinski definition) is 2. The number of nitrogens with zero attached hydrogens (tertiary/aromatic N) is 2. The molecule has 3 nitrogen and oxygen atoms in total. The maximum Gasteiger partial charge on any atom is 0.132 e. The van der Waals surface area contributed by atoms with E-state index in [4.69, 9.17) is 5.73 Å². The van der Waals surface area contributed by atoms with Crippen LogP contribution in [0.1, 0.15) is 11.4 Å². The van der Waals surface area contributed by atoms with Crippen molar-refractivity contribution in [1.82, 2.24) is 9.38 Å². The first-order valence-corrected chi connectivity index (χ1v) is 4.85. The van der Waals surface area contributed by atoms with Gasteiger partial charge in [-0.25, -0.2) is 4.98 Å². The summed E-state index contributed by atoms with van der Waals surface area (Å²) >= 11 is 3.42. The Morgan fingerprint density at radius 2 is 2.38 bits per heavy atom. The molecule has 2 heterocycles. The van der Waals surface area contributed by atoms with Crippen molar-refractivity contribution in [3.05, 3.63) is 34.3 Å². The molecule has 0 saturated carbocycles. The number of halogens is 1. The molecule has 2 aromatic rings. The van der Waals surface area contributed by atoms with E-state index in [2.05, 4.69) is 20.9 Å². The summed E-state index contributed by atoms with van der Waals surface area (Å²) in [4.78, 5) is 4.32. The van der Waals surface area contributed by atoms with E-state index in [1.54, 1.807) is 0 Å². The topological polar surface area (TPSA) is 43.3 Å². The highest BCUT2D eigenvalue weighted by molar-refractivity contribution is 9.10.